The van der Waals surface area contributed by atoms with Gasteiger partial charge in [-0.25, -0.2) is 4.98 Å². The molecule has 0 aliphatic heterocycles. The molecule has 4 rings (SSSR count). The molecule has 0 unspecified atom stereocenters. The molecular formula is C23H25N5O. The van der Waals surface area contributed by atoms with Crippen molar-refractivity contribution in [1.82, 2.24) is 14.5 Å². The first-order valence-electron chi connectivity index (χ1n) is 9.71. The van der Waals surface area contributed by atoms with Crippen LogP contribution in [0.4, 0.5) is 11.8 Å². The Morgan fingerprint density at radius 3 is 2.55 bits per heavy atom. The van der Waals surface area contributed by atoms with Crippen LogP contribution in [0.3, 0.4) is 0 Å². The van der Waals surface area contributed by atoms with E-state index in [2.05, 4.69) is 58.7 Å². The Kier molecular flexibility index (Phi) is 5.08. The van der Waals surface area contributed by atoms with Gasteiger partial charge in [0.05, 0.1) is 5.52 Å². The van der Waals surface area contributed by atoms with Crippen molar-refractivity contribution < 1.29 is 4.74 Å². The number of nitrogens with two attached hydrogens (primary N) is 2. The third-order valence-electron chi connectivity index (χ3n) is 5.11. The summed E-state index contributed by atoms with van der Waals surface area (Å²) in [7, 11) is 0. The first-order chi connectivity index (χ1) is 14.0. The van der Waals surface area contributed by atoms with Crippen molar-refractivity contribution in [3.05, 3.63) is 77.1 Å². The van der Waals surface area contributed by atoms with Crippen LogP contribution in [0.5, 0.6) is 5.75 Å². The summed E-state index contributed by atoms with van der Waals surface area (Å²) in [6.45, 7) is 5.68. The number of fused-ring (bicyclic) bond motifs is 1. The predicted molar refractivity (Wildman–Crippen MR) is 117 cm³/mol. The van der Waals surface area contributed by atoms with Gasteiger partial charge in [0.25, 0.3) is 0 Å². The molecule has 4 N–H and O–H groups in total. The number of benzene rings is 2. The molecule has 0 aliphatic carbocycles. The Hall–Kier alpha value is -3.54. The van der Waals surface area contributed by atoms with E-state index in [0.717, 1.165) is 39.9 Å². The Morgan fingerprint density at radius 2 is 1.83 bits per heavy atom. The molecule has 0 bridgehead atoms. The fourth-order valence-electron chi connectivity index (χ4n) is 3.68. The second kappa shape index (κ2) is 7.83. The van der Waals surface area contributed by atoms with Crippen molar-refractivity contribution in [3.63, 3.8) is 0 Å². The van der Waals surface area contributed by atoms with Gasteiger partial charge in [-0.15, -0.1) is 0 Å². The summed E-state index contributed by atoms with van der Waals surface area (Å²) in [5.41, 5.74) is 17.1. The van der Waals surface area contributed by atoms with E-state index in [4.69, 9.17) is 16.2 Å². The number of aromatic nitrogens is 3. The molecule has 0 amide bonds. The van der Waals surface area contributed by atoms with Crippen LogP contribution in [0.15, 0.2) is 54.7 Å². The largest absolute Gasteiger partial charge is 0.488 e. The number of aryl methyl sites for hydroxylation is 2. The van der Waals surface area contributed by atoms with Crippen LogP contribution in [-0.2, 0) is 19.6 Å². The van der Waals surface area contributed by atoms with Crippen LogP contribution in [0.2, 0.25) is 0 Å². The van der Waals surface area contributed by atoms with Crippen molar-refractivity contribution in [3.8, 4) is 5.75 Å². The Balaban J connectivity index is 1.74. The number of rotatable bonds is 6. The van der Waals surface area contributed by atoms with E-state index in [9.17, 15) is 0 Å². The van der Waals surface area contributed by atoms with E-state index < -0.39 is 0 Å². The molecule has 0 fully saturated rings. The topological polar surface area (TPSA) is 92.0 Å². The van der Waals surface area contributed by atoms with Crippen molar-refractivity contribution in [1.29, 1.82) is 0 Å². The summed E-state index contributed by atoms with van der Waals surface area (Å²) in [5.74, 6) is 1.46. The molecule has 0 spiro atoms. The summed E-state index contributed by atoms with van der Waals surface area (Å²) < 4.78 is 8.54. The molecule has 0 atom stereocenters. The second-order valence-corrected chi connectivity index (χ2v) is 7.15. The van der Waals surface area contributed by atoms with Crippen molar-refractivity contribution in [2.75, 3.05) is 11.5 Å². The minimum absolute atomic E-state index is 0.184. The highest BCUT2D eigenvalue weighted by atomic mass is 16.5. The number of ether oxygens (including phenoxy) is 1. The van der Waals surface area contributed by atoms with Gasteiger partial charge >= 0.3 is 0 Å². The minimum Gasteiger partial charge on any atom is -0.488 e. The maximum Gasteiger partial charge on any atom is 0.221 e. The third-order valence-corrected chi connectivity index (χ3v) is 5.11. The van der Waals surface area contributed by atoms with E-state index in [-0.39, 0.29) is 5.95 Å². The van der Waals surface area contributed by atoms with Gasteiger partial charge in [-0.3, -0.25) is 0 Å². The zero-order valence-electron chi connectivity index (χ0n) is 16.7. The van der Waals surface area contributed by atoms with Crippen LogP contribution in [0.25, 0.3) is 10.9 Å². The monoisotopic (exact) mass is 387 g/mol. The molecule has 0 saturated carbocycles. The average Bonchev–Trinajstić information content (AvgIpc) is 3.04. The van der Waals surface area contributed by atoms with Crippen LogP contribution >= 0.6 is 0 Å². The third kappa shape index (κ3) is 3.87. The number of nitrogen functional groups attached to an aromatic ring is 2. The molecule has 4 aromatic rings. The second-order valence-electron chi connectivity index (χ2n) is 7.15. The van der Waals surface area contributed by atoms with Crippen molar-refractivity contribution in [2.45, 2.75) is 33.4 Å². The van der Waals surface area contributed by atoms with Gasteiger partial charge in [0.15, 0.2) is 0 Å². The first-order valence-corrected chi connectivity index (χ1v) is 9.71. The van der Waals surface area contributed by atoms with Gasteiger partial charge in [-0.2, -0.15) is 4.98 Å². The minimum atomic E-state index is 0.184. The molecule has 2 aromatic heterocycles. The number of hydrogen-bond acceptors (Lipinski definition) is 5. The highest BCUT2D eigenvalue weighted by Gasteiger charge is 2.14. The van der Waals surface area contributed by atoms with E-state index in [1.165, 1.54) is 5.69 Å². The lowest BCUT2D eigenvalue weighted by Crippen LogP contribution is -2.04. The zero-order valence-corrected chi connectivity index (χ0v) is 16.7. The highest BCUT2D eigenvalue weighted by Crippen LogP contribution is 2.32. The molecule has 0 radical (unpaired) electrons. The maximum atomic E-state index is 6.25. The fourth-order valence-corrected chi connectivity index (χ4v) is 3.68. The Bertz CT molecular complexity index is 1150. The lowest BCUT2D eigenvalue weighted by molar-refractivity contribution is 0.310. The number of nitrogens with zero attached hydrogens (tertiary/aromatic N) is 3. The van der Waals surface area contributed by atoms with Crippen LogP contribution < -0.4 is 16.2 Å². The summed E-state index contributed by atoms with van der Waals surface area (Å²) in [5, 5.41) is 1.12. The molecule has 6 heteroatoms. The summed E-state index contributed by atoms with van der Waals surface area (Å²) in [6, 6.07) is 16.6. The molecule has 29 heavy (non-hydrogen) atoms. The van der Waals surface area contributed by atoms with Gasteiger partial charge in [0, 0.05) is 35.8 Å². The summed E-state index contributed by atoms with van der Waals surface area (Å²) in [4.78, 5) is 8.16. The van der Waals surface area contributed by atoms with E-state index in [1.54, 1.807) is 6.20 Å². The Labute approximate surface area is 170 Å². The van der Waals surface area contributed by atoms with Crippen molar-refractivity contribution >= 4 is 22.7 Å². The van der Waals surface area contributed by atoms with Crippen LogP contribution in [0, 0.1) is 6.92 Å². The first kappa shape index (κ1) is 18.8. The zero-order chi connectivity index (χ0) is 20.4. The molecule has 0 aliphatic rings. The molecule has 6 nitrogen and oxygen atoms in total. The lowest BCUT2D eigenvalue weighted by Gasteiger charge is -2.13. The van der Waals surface area contributed by atoms with Crippen LogP contribution in [-0.4, -0.2) is 14.5 Å². The van der Waals surface area contributed by atoms with E-state index in [0.29, 0.717) is 18.8 Å². The molecular weight excluding hydrogens is 362 g/mol. The number of hydrogen-bond donors (Lipinski definition) is 2. The fraction of sp³-hybridized carbons (Fsp3) is 0.217. The number of anilines is 2. The van der Waals surface area contributed by atoms with Gasteiger partial charge in [0.1, 0.15) is 18.2 Å². The van der Waals surface area contributed by atoms with E-state index >= 15 is 0 Å². The standard InChI is InChI=1S/C23H25N5O/c1-3-28-15(2)9-19-20(28)11-17(10-18-13-26-23(25)27-22(18)24)12-21(19)29-14-16-7-5-4-6-8-16/h4-9,11-13H,3,10,14H2,1-2H3,(H4,24,25,26,27). The van der Waals surface area contributed by atoms with Gasteiger partial charge in [-0.1, -0.05) is 30.3 Å². The Morgan fingerprint density at radius 1 is 1.03 bits per heavy atom. The quantitative estimate of drug-likeness (QED) is 0.520. The molecule has 148 valence electrons. The normalized spacial score (nSPS) is 11.1. The average molecular weight is 387 g/mol. The predicted octanol–water partition coefficient (Wildman–Crippen LogP) is 4.09. The maximum absolute atomic E-state index is 6.25. The summed E-state index contributed by atoms with van der Waals surface area (Å²) >= 11 is 0. The van der Waals surface area contributed by atoms with Gasteiger partial charge in [-0.05, 0) is 43.2 Å². The summed E-state index contributed by atoms with van der Waals surface area (Å²) in [6.07, 6.45) is 2.30. The van der Waals surface area contributed by atoms with Gasteiger partial charge in [0.2, 0.25) is 5.95 Å². The molecule has 2 heterocycles. The molecule has 0 saturated heterocycles. The van der Waals surface area contributed by atoms with Crippen molar-refractivity contribution in [2.24, 2.45) is 0 Å². The van der Waals surface area contributed by atoms with Crippen LogP contribution in [0.1, 0.15) is 29.3 Å². The lowest BCUT2D eigenvalue weighted by atomic mass is 10.0. The van der Waals surface area contributed by atoms with Gasteiger partial charge < -0.3 is 20.8 Å². The van der Waals surface area contributed by atoms with E-state index in [1.807, 2.05) is 18.2 Å². The highest BCUT2D eigenvalue weighted by molar-refractivity contribution is 5.88. The SMILES string of the molecule is CCn1c(C)cc2c(OCc3ccccc3)cc(Cc3cnc(N)nc3N)cc21. The smallest absolute Gasteiger partial charge is 0.221 e. The molecule has 2 aromatic carbocycles.